The van der Waals surface area contributed by atoms with Gasteiger partial charge < -0.3 is 10.1 Å². The highest BCUT2D eigenvalue weighted by Gasteiger charge is 2.10. The van der Waals surface area contributed by atoms with Crippen molar-refractivity contribution in [3.05, 3.63) is 96.1 Å². The SMILES string of the molecule is CN(CCCOc1ccccc1)CC(=O)Nc1ccccc1Cc1ccccc1. The fourth-order valence-corrected chi connectivity index (χ4v) is 3.17. The van der Waals surface area contributed by atoms with E-state index in [1.54, 1.807) is 0 Å². The lowest BCUT2D eigenvalue weighted by atomic mass is 10.0. The molecule has 3 aromatic rings. The van der Waals surface area contributed by atoms with E-state index in [0.29, 0.717) is 13.2 Å². The van der Waals surface area contributed by atoms with Crippen molar-refractivity contribution in [2.75, 3.05) is 32.1 Å². The van der Waals surface area contributed by atoms with Crippen LogP contribution in [0.25, 0.3) is 0 Å². The van der Waals surface area contributed by atoms with Crippen LogP contribution in [-0.4, -0.2) is 37.6 Å². The Balaban J connectivity index is 1.44. The molecule has 0 unspecified atom stereocenters. The average Bonchev–Trinajstić information content (AvgIpc) is 2.74. The van der Waals surface area contributed by atoms with Gasteiger partial charge in [0.2, 0.25) is 5.91 Å². The molecule has 0 radical (unpaired) electrons. The summed E-state index contributed by atoms with van der Waals surface area (Å²) >= 11 is 0. The lowest BCUT2D eigenvalue weighted by Crippen LogP contribution is -2.31. The maximum Gasteiger partial charge on any atom is 0.238 e. The monoisotopic (exact) mass is 388 g/mol. The van der Waals surface area contributed by atoms with Gasteiger partial charge in [-0.2, -0.15) is 0 Å². The van der Waals surface area contributed by atoms with Crippen LogP contribution in [0.1, 0.15) is 17.5 Å². The van der Waals surface area contributed by atoms with E-state index in [0.717, 1.165) is 36.4 Å². The molecule has 1 N–H and O–H groups in total. The van der Waals surface area contributed by atoms with Gasteiger partial charge in [-0.3, -0.25) is 9.69 Å². The van der Waals surface area contributed by atoms with E-state index in [1.807, 2.05) is 78.7 Å². The topological polar surface area (TPSA) is 41.6 Å². The molecule has 1 amide bonds. The zero-order valence-corrected chi connectivity index (χ0v) is 16.9. The van der Waals surface area contributed by atoms with Gasteiger partial charge in [-0.15, -0.1) is 0 Å². The zero-order valence-electron chi connectivity index (χ0n) is 16.9. The van der Waals surface area contributed by atoms with E-state index in [1.165, 1.54) is 5.56 Å². The molecule has 3 rings (SSSR count). The van der Waals surface area contributed by atoms with E-state index < -0.39 is 0 Å². The molecular formula is C25H28N2O2. The quantitative estimate of drug-likeness (QED) is 0.516. The third-order valence-corrected chi connectivity index (χ3v) is 4.64. The van der Waals surface area contributed by atoms with Crippen molar-refractivity contribution in [1.29, 1.82) is 0 Å². The molecule has 4 heteroatoms. The fraction of sp³-hybridized carbons (Fsp3) is 0.240. The molecule has 0 heterocycles. The first-order valence-corrected chi connectivity index (χ1v) is 9.99. The molecule has 0 aliphatic carbocycles. The Bertz CT molecular complexity index is 882. The van der Waals surface area contributed by atoms with E-state index in [2.05, 4.69) is 23.5 Å². The van der Waals surface area contributed by atoms with Crippen molar-refractivity contribution in [3.63, 3.8) is 0 Å². The Kier molecular flexibility index (Phi) is 7.84. The van der Waals surface area contributed by atoms with Gasteiger partial charge in [-0.25, -0.2) is 0 Å². The first kappa shape index (κ1) is 20.6. The Morgan fingerprint density at radius 2 is 1.55 bits per heavy atom. The van der Waals surface area contributed by atoms with Gasteiger partial charge in [0.05, 0.1) is 13.2 Å². The number of ether oxygens (including phenoxy) is 1. The Morgan fingerprint density at radius 3 is 2.31 bits per heavy atom. The number of para-hydroxylation sites is 2. The molecule has 0 aliphatic rings. The predicted molar refractivity (Wildman–Crippen MR) is 118 cm³/mol. The first-order valence-electron chi connectivity index (χ1n) is 9.99. The molecule has 29 heavy (non-hydrogen) atoms. The highest BCUT2D eigenvalue weighted by atomic mass is 16.5. The number of amides is 1. The van der Waals surface area contributed by atoms with Crippen molar-refractivity contribution in [3.8, 4) is 5.75 Å². The minimum atomic E-state index is -0.00279. The number of nitrogens with one attached hydrogen (secondary N) is 1. The van der Waals surface area contributed by atoms with Crippen LogP contribution in [0.5, 0.6) is 5.75 Å². The van der Waals surface area contributed by atoms with Crippen LogP contribution in [0, 0.1) is 0 Å². The lowest BCUT2D eigenvalue weighted by molar-refractivity contribution is -0.117. The summed E-state index contributed by atoms with van der Waals surface area (Å²) in [6.07, 6.45) is 1.66. The third-order valence-electron chi connectivity index (χ3n) is 4.64. The zero-order chi connectivity index (χ0) is 20.3. The van der Waals surface area contributed by atoms with Gasteiger partial charge in [-0.1, -0.05) is 66.7 Å². The number of nitrogens with zero attached hydrogens (tertiary/aromatic N) is 1. The summed E-state index contributed by atoms with van der Waals surface area (Å²) in [4.78, 5) is 14.5. The molecule has 0 saturated heterocycles. The smallest absolute Gasteiger partial charge is 0.238 e. The molecule has 0 bridgehead atoms. The second-order valence-electron chi connectivity index (χ2n) is 7.12. The number of hydrogen-bond donors (Lipinski definition) is 1. The molecule has 0 aromatic heterocycles. The standard InChI is InChI=1S/C25H28N2O2/c1-27(17-10-18-29-23-14-6-3-7-15-23)20-25(28)26-24-16-9-8-13-22(24)19-21-11-4-2-5-12-21/h2-9,11-16H,10,17-20H2,1H3,(H,26,28). The maximum absolute atomic E-state index is 12.5. The third kappa shape index (κ3) is 7.09. The minimum absolute atomic E-state index is 0.00279. The van der Waals surface area contributed by atoms with Gasteiger partial charge >= 0.3 is 0 Å². The molecule has 0 saturated carbocycles. The predicted octanol–water partition coefficient (Wildman–Crippen LogP) is 4.62. The summed E-state index contributed by atoms with van der Waals surface area (Å²) in [5, 5.41) is 3.07. The number of carbonyl (C=O) groups excluding carboxylic acids is 1. The molecule has 0 atom stereocenters. The van der Waals surface area contributed by atoms with Crippen LogP contribution in [-0.2, 0) is 11.2 Å². The molecule has 3 aromatic carbocycles. The van der Waals surface area contributed by atoms with E-state index >= 15 is 0 Å². The van der Waals surface area contributed by atoms with Crippen molar-refractivity contribution in [2.24, 2.45) is 0 Å². The van der Waals surface area contributed by atoms with Gasteiger partial charge in [0, 0.05) is 12.2 Å². The highest BCUT2D eigenvalue weighted by Crippen LogP contribution is 2.19. The van der Waals surface area contributed by atoms with Crippen molar-refractivity contribution in [2.45, 2.75) is 12.8 Å². The number of rotatable bonds is 10. The number of anilines is 1. The Morgan fingerprint density at radius 1 is 0.897 bits per heavy atom. The summed E-state index contributed by atoms with van der Waals surface area (Å²) in [7, 11) is 1.96. The Labute approximate surface area is 173 Å². The normalized spacial score (nSPS) is 10.7. The summed E-state index contributed by atoms with van der Waals surface area (Å²) in [5.41, 5.74) is 3.22. The van der Waals surface area contributed by atoms with Gasteiger partial charge in [0.25, 0.3) is 0 Å². The number of carbonyl (C=O) groups is 1. The van der Waals surface area contributed by atoms with Crippen LogP contribution < -0.4 is 10.1 Å². The summed E-state index contributed by atoms with van der Waals surface area (Å²) in [6.45, 7) is 1.78. The molecule has 0 spiro atoms. The maximum atomic E-state index is 12.5. The Hall–Kier alpha value is -3.11. The second-order valence-corrected chi connectivity index (χ2v) is 7.12. The van der Waals surface area contributed by atoms with Gasteiger partial charge in [0.1, 0.15) is 5.75 Å². The number of hydrogen-bond acceptors (Lipinski definition) is 3. The molecule has 150 valence electrons. The van der Waals surface area contributed by atoms with Crippen LogP contribution in [0.3, 0.4) is 0 Å². The lowest BCUT2D eigenvalue weighted by Gasteiger charge is -2.17. The van der Waals surface area contributed by atoms with Gasteiger partial charge in [-0.05, 0) is 49.2 Å². The average molecular weight is 389 g/mol. The summed E-state index contributed by atoms with van der Waals surface area (Å²) < 4.78 is 5.70. The number of benzene rings is 3. The first-order chi connectivity index (χ1) is 14.2. The van der Waals surface area contributed by atoms with E-state index in [4.69, 9.17) is 4.74 Å². The van der Waals surface area contributed by atoms with Crippen LogP contribution in [0.4, 0.5) is 5.69 Å². The van der Waals surface area contributed by atoms with Crippen molar-refractivity contribution < 1.29 is 9.53 Å². The summed E-state index contributed by atoms with van der Waals surface area (Å²) in [5.74, 6) is 0.875. The van der Waals surface area contributed by atoms with E-state index in [9.17, 15) is 4.79 Å². The fourth-order valence-electron chi connectivity index (χ4n) is 3.17. The largest absolute Gasteiger partial charge is 0.494 e. The van der Waals surface area contributed by atoms with Crippen molar-refractivity contribution >= 4 is 11.6 Å². The number of likely N-dealkylation sites (N-methyl/N-ethyl adjacent to an activating group) is 1. The van der Waals surface area contributed by atoms with Crippen LogP contribution in [0.15, 0.2) is 84.9 Å². The summed E-state index contributed by atoms with van der Waals surface area (Å²) in [6, 6.07) is 28.1. The minimum Gasteiger partial charge on any atom is -0.494 e. The molecular weight excluding hydrogens is 360 g/mol. The van der Waals surface area contributed by atoms with Crippen molar-refractivity contribution in [1.82, 2.24) is 4.90 Å². The molecule has 0 aliphatic heterocycles. The highest BCUT2D eigenvalue weighted by molar-refractivity contribution is 5.93. The van der Waals surface area contributed by atoms with E-state index in [-0.39, 0.29) is 5.91 Å². The van der Waals surface area contributed by atoms with Gasteiger partial charge in [0.15, 0.2) is 0 Å². The van der Waals surface area contributed by atoms with Crippen LogP contribution in [0.2, 0.25) is 0 Å². The second kappa shape index (κ2) is 11.0. The molecule has 0 fully saturated rings. The molecule has 4 nitrogen and oxygen atoms in total. The van der Waals surface area contributed by atoms with Crippen LogP contribution >= 0.6 is 0 Å².